The highest BCUT2D eigenvalue weighted by atomic mass is 32.2. The van der Waals surface area contributed by atoms with Gasteiger partial charge in [-0.25, -0.2) is 8.42 Å². The molecule has 0 N–H and O–H groups in total. The van der Waals surface area contributed by atoms with E-state index in [2.05, 4.69) is 0 Å². The third-order valence-electron chi connectivity index (χ3n) is 5.30. The molecule has 1 fully saturated rings. The standard InChI is InChI=1S/C22H28N2O4S/c1-23(18-9-5-3-6-10-18)22(25)17-24(29(2,26)27)19-13-15-21(16-14-19)28-20-11-7-4-8-12-20/h4,7-8,11-16,18H,3,5-6,9-10,17H2,1-2H3. The number of amides is 1. The predicted octanol–water partition coefficient (Wildman–Crippen LogP) is 4.04. The number of carbonyl (C=O) groups excluding carboxylic acids is 1. The second-order valence-electron chi connectivity index (χ2n) is 7.48. The van der Waals surface area contributed by atoms with Gasteiger partial charge in [0.15, 0.2) is 0 Å². The molecule has 0 bridgehead atoms. The first-order valence-electron chi connectivity index (χ1n) is 9.91. The number of hydrogen-bond donors (Lipinski definition) is 0. The smallest absolute Gasteiger partial charge is 0.243 e. The summed E-state index contributed by atoms with van der Waals surface area (Å²) >= 11 is 0. The summed E-state index contributed by atoms with van der Waals surface area (Å²) < 4.78 is 31.6. The van der Waals surface area contributed by atoms with Crippen LogP contribution in [-0.2, 0) is 14.8 Å². The van der Waals surface area contributed by atoms with Crippen molar-refractivity contribution < 1.29 is 17.9 Å². The van der Waals surface area contributed by atoms with Gasteiger partial charge in [0.25, 0.3) is 0 Å². The summed E-state index contributed by atoms with van der Waals surface area (Å²) in [4.78, 5) is 14.5. The molecule has 6 nitrogen and oxygen atoms in total. The molecule has 2 aromatic rings. The van der Waals surface area contributed by atoms with E-state index < -0.39 is 10.0 Å². The van der Waals surface area contributed by atoms with Gasteiger partial charge < -0.3 is 9.64 Å². The summed E-state index contributed by atoms with van der Waals surface area (Å²) in [6.45, 7) is -0.204. The monoisotopic (exact) mass is 416 g/mol. The van der Waals surface area contributed by atoms with Crippen LogP contribution in [0.3, 0.4) is 0 Å². The van der Waals surface area contributed by atoms with Crippen LogP contribution in [0.5, 0.6) is 11.5 Å². The number of anilines is 1. The van der Waals surface area contributed by atoms with E-state index in [9.17, 15) is 13.2 Å². The summed E-state index contributed by atoms with van der Waals surface area (Å²) in [5.74, 6) is 1.11. The topological polar surface area (TPSA) is 66.9 Å². The number of hydrogen-bond acceptors (Lipinski definition) is 4. The second kappa shape index (κ2) is 9.31. The molecule has 0 aromatic heterocycles. The number of ether oxygens (including phenoxy) is 1. The van der Waals surface area contributed by atoms with E-state index in [0.717, 1.165) is 36.2 Å². The number of rotatable bonds is 7. The minimum absolute atomic E-state index is 0.188. The summed E-state index contributed by atoms with van der Waals surface area (Å²) in [7, 11) is -1.83. The Morgan fingerprint density at radius 2 is 1.55 bits per heavy atom. The highest BCUT2D eigenvalue weighted by Gasteiger charge is 2.27. The Morgan fingerprint density at radius 3 is 2.14 bits per heavy atom. The molecular formula is C22H28N2O4S. The van der Waals surface area contributed by atoms with Gasteiger partial charge >= 0.3 is 0 Å². The average molecular weight is 417 g/mol. The number of sulfonamides is 1. The first kappa shape index (κ1) is 21.2. The van der Waals surface area contributed by atoms with Gasteiger partial charge in [-0.15, -0.1) is 0 Å². The van der Waals surface area contributed by atoms with Crippen LogP contribution in [0, 0.1) is 0 Å². The van der Waals surface area contributed by atoms with Crippen molar-refractivity contribution in [2.75, 3.05) is 24.2 Å². The van der Waals surface area contributed by atoms with Crippen molar-refractivity contribution in [2.45, 2.75) is 38.1 Å². The Hall–Kier alpha value is -2.54. The molecule has 0 aliphatic heterocycles. The third-order valence-corrected chi connectivity index (χ3v) is 6.44. The Labute approximate surface area is 173 Å². The lowest BCUT2D eigenvalue weighted by Crippen LogP contribution is -2.45. The molecule has 1 amide bonds. The highest BCUT2D eigenvalue weighted by Crippen LogP contribution is 2.26. The normalized spacial score (nSPS) is 15.0. The number of likely N-dealkylation sites (N-methyl/N-ethyl adjacent to an activating group) is 1. The second-order valence-corrected chi connectivity index (χ2v) is 9.38. The van der Waals surface area contributed by atoms with Gasteiger partial charge in [-0.2, -0.15) is 0 Å². The zero-order chi connectivity index (χ0) is 20.9. The highest BCUT2D eigenvalue weighted by molar-refractivity contribution is 7.92. The van der Waals surface area contributed by atoms with Crippen LogP contribution in [-0.4, -0.2) is 45.1 Å². The maximum Gasteiger partial charge on any atom is 0.243 e. The van der Waals surface area contributed by atoms with E-state index in [1.807, 2.05) is 30.3 Å². The molecule has 0 heterocycles. The predicted molar refractivity (Wildman–Crippen MR) is 115 cm³/mol. The van der Waals surface area contributed by atoms with Crippen LogP contribution >= 0.6 is 0 Å². The fourth-order valence-corrected chi connectivity index (χ4v) is 4.46. The Kier molecular flexibility index (Phi) is 6.79. The van der Waals surface area contributed by atoms with E-state index >= 15 is 0 Å². The molecule has 0 radical (unpaired) electrons. The van der Waals surface area contributed by atoms with E-state index in [1.54, 1.807) is 36.2 Å². The van der Waals surface area contributed by atoms with Crippen molar-refractivity contribution in [1.82, 2.24) is 4.90 Å². The molecule has 0 atom stereocenters. The van der Waals surface area contributed by atoms with Gasteiger partial charge in [-0.1, -0.05) is 37.5 Å². The summed E-state index contributed by atoms with van der Waals surface area (Å²) in [5.41, 5.74) is 0.443. The zero-order valence-electron chi connectivity index (χ0n) is 17.0. The fraction of sp³-hybridized carbons (Fsp3) is 0.409. The minimum Gasteiger partial charge on any atom is -0.457 e. The lowest BCUT2D eigenvalue weighted by atomic mass is 9.94. The molecule has 156 valence electrons. The number of nitrogens with zero attached hydrogens (tertiary/aromatic N) is 2. The molecule has 3 rings (SSSR count). The van der Waals surface area contributed by atoms with Crippen LogP contribution in [0.2, 0.25) is 0 Å². The Morgan fingerprint density at radius 1 is 0.966 bits per heavy atom. The lowest BCUT2D eigenvalue weighted by Gasteiger charge is -2.33. The van der Waals surface area contributed by atoms with Crippen molar-refractivity contribution in [2.24, 2.45) is 0 Å². The van der Waals surface area contributed by atoms with E-state index in [-0.39, 0.29) is 18.5 Å². The van der Waals surface area contributed by atoms with Crippen LogP contribution in [0.1, 0.15) is 32.1 Å². The summed E-state index contributed by atoms with van der Waals surface area (Å²) in [6, 6.07) is 16.3. The molecule has 29 heavy (non-hydrogen) atoms. The number of benzene rings is 2. The van der Waals surface area contributed by atoms with Crippen molar-refractivity contribution in [1.29, 1.82) is 0 Å². The van der Waals surface area contributed by atoms with Gasteiger partial charge in [-0.05, 0) is 49.2 Å². The van der Waals surface area contributed by atoms with Gasteiger partial charge in [0.2, 0.25) is 15.9 Å². The van der Waals surface area contributed by atoms with Gasteiger partial charge in [0, 0.05) is 13.1 Å². The first-order valence-corrected chi connectivity index (χ1v) is 11.8. The molecule has 0 saturated heterocycles. The van der Waals surface area contributed by atoms with Crippen LogP contribution in [0.15, 0.2) is 54.6 Å². The van der Waals surface area contributed by atoms with Crippen LogP contribution < -0.4 is 9.04 Å². The Bertz CT molecular complexity index is 908. The maximum atomic E-state index is 12.8. The average Bonchev–Trinajstić information content (AvgIpc) is 2.72. The first-order chi connectivity index (χ1) is 13.8. The van der Waals surface area contributed by atoms with Crippen molar-refractivity contribution >= 4 is 21.6 Å². The van der Waals surface area contributed by atoms with E-state index in [0.29, 0.717) is 17.2 Å². The van der Waals surface area contributed by atoms with Crippen LogP contribution in [0.25, 0.3) is 0 Å². The number of para-hydroxylation sites is 1. The van der Waals surface area contributed by atoms with Crippen molar-refractivity contribution in [3.05, 3.63) is 54.6 Å². The molecule has 1 aliphatic carbocycles. The molecule has 0 spiro atoms. The summed E-state index contributed by atoms with van der Waals surface area (Å²) in [6.07, 6.45) is 6.50. The molecule has 2 aromatic carbocycles. The van der Waals surface area contributed by atoms with Gasteiger partial charge in [-0.3, -0.25) is 9.10 Å². The lowest BCUT2D eigenvalue weighted by molar-refractivity contribution is -0.130. The van der Waals surface area contributed by atoms with Gasteiger partial charge in [0.1, 0.15) is 18.0 Å². The number of carbonyl (C=O) groups is 1. The van der Waals surface area contributed by atoms with E-state index in [1.165, 1.54) is 6.42 Å². The fourth-order valence-electron chi connectivity index (χ4n) is 3.61. The summed E-state index contributed by atoms with van der Waals surface area (Å²) in [5, 5.41) is 0. The molecule has 1 aliphatic rings. The third kappa shape index (κ3) is 5.73. The molecule has 1 saturated carbocycles. The molecule has 7 heteroatoms. The zero-order valence-corrected chi connectivity index (χ0v) is 17.8. The van der Waals surface area contributed by atoms with Crippen molar-refractivity contribution in [3.8, 4) is 11.5 Å². The largest absolute Gasteiger partial charge is 0.457 e. The van der Waals surface area contributed by atoms with E-state index in [4.69, 9.17) is 4.74 Å². The van der Waals surface area contributed by atoms with Gasteiger partial charge in [0.05, 0.1) is 11.9 Å². The van der Waals surface area contributed by atoms with Crippen LogP contribution in [0.4, 0.5) is 5.69 Å². The molecule has 0 unspecified atom stereocenters. The Balaban J connectivity index is 1.72. The van der Waals surface area contributed by atoms with Crippen molar-refractivity contribution in [3.63, 3.8) is 0 Å². The minimum atomic E-state index is -3.60. The SMILES string of the molecule is CN(C(=O)CN(c1ccc(Oc2ccccc2)cc1)S(C)(=O)=O)C1CCCCC1. The molecular weight excluding hydrogens is 388 g/mol. The maximum absolute atomic E-state index is 12.8. The quantitative estimate of drug-likeness (QED) is 0.683.